The Balaban J connectivity index is 2.44. The predicted octanol–water partition coefficient (Wildman–Crippen LogP) is 2.92. The Hall–Kier alpha value is -2.11. The van der Waals surface area contributed by atoms with Gasteiger partial charge in [0.05, 0.1) is 0 Å². The summed E-state index contributed by atoms with van der Waals surface area (Å²) in [6.45, 7) is 0. The zero-order valence-electron chi connectivity index (χ0n) is 9.40. The van der Waals surface area contributed by atoms with Crippen LogP contribution in [0.15, 0.2) is 30.5 Å². The summed E-state index contributed by atoms with van der Waals surface area (Å²) in [4.78, 5) is 14.0. The van der Waals surface area contributed by atoms with Crippen molar-refractivity contribution >= 4 is 6.29 Å². The largest absolute Gasteiger partial charge is 0.434 e. The fraction of sp³-hybridized carbons (Fsp3) is 0.167. The minimum Gasteiger partial charge on any atom is -0.333 e. The van der Waals surface area contributed by atoms with Gasteiger partial charge in [-0.15, -0.1) is 0 Å². The van der Waals surface area contributed by atoms with E-state index in [9.17, 15) is 18.0 Å². The van der Waals surface area contributed by atoms with Crippen LogP contribution in [0.1, 0.15) is 16.1 Å². The maximum Gasteiger partial charge on any atom is 0.434 e. The number of hydrogen-bond acceptors (Lipinski definition) is 2. The molecule has 0 bridgehead atoms. The van der Waals surface area contributed by atoms with Gasteiger partial charge in [0.1, 0.15) is 12.1 Å². The van der Waals surface area contributed by atoms with Crippen LogP contribution in [-0.4, -0.2) is 15.8 Å². The summed E-state index contributed by atoms with van der Waals surface area (Å²) < 4.78 is 38.8. The molecule has 6 heteroatoms. The number of alkyl halides is 3. The molecule has 0 aliphatic heterocycles. The van der Waals surface area contributed by atoms with Gasteiger partial charge in [-0.25, -0.2) is 4.98 Å². The molecule has 18 heavy (non-hydrogen) atoms. The fourth-order valence-electron chi connectivity index (χ4n) is 1.58. The summed E-state index contributed by atoms with van der Waals surface area (Å²) in [5, 5.41) is 0. The van der Waals surface area contributed by atoms with Crippen LogP contribution in [0.25, 0.3) is 11.4 Å². The highest BCUT2D eigenvalue weighted by Gasteiger charge is 2.34. The van der Waals surface area contributed by atoms with E-state index >= 15 is 0 Å². The Labute approximate surface area is 101 Å². The smallest absolute Gasteiger partial charge is 0.333 e. The van der Waals surface area contributed by atoms with Gasteiger partial charge in [0.2, 0.25) is 0 Å². The van der Waals surface area contributed by atoms with Crippen molar-refractivity contribution in [2.45, 2.75) is 6.18 Å². The first-order valence-corrected chi connectivity index (χ1v) is 5.08. The van der Waals surface area contributed by atoms with E-state index in [1.54, 1.807) is 12.1 Å². The van der Waals surface area contributed by atoms with E-state index in [1.165, 1.54) is 23.7 Å². The van der Waals surface area contributed by atoms with Crippen LogP contribution < -0.4 is 0 Å². The van der Waals surface area contributed by atoms with Crippen molar-refractivity contribution in [3.63, 3.8) is 0 Å². The molecule has 0 fully saturated rings. The van der Waals surface area contributed by atoms with Crippen molar-refractivity contribution in [3.05, 3.63) is 41.7 Å². The molecule has 0 atom stereocenters. The van der Waals surface area contributed by atoms with Crippen LogP contribution in [0.3, 0.4) is 0 Å². The maximum absolute atomic E-state index is 12.5. The number of aldehydes is 1. The number of carbonyl (C=O) groups excluding carboxylic acids is 1. The Morgan fingerprint density at radius 2 is 1.83 bits per heavy atom. The second-order valence-electron chi connectivity index (χ2n) is 3.80. The van der Waals surface area contributed by atoms with E-state index in [4.69, 9.17) is 0 Å². The van der Waals surface area contributed by atoms with Gasteiger partial charge in [-0.3, -0.25) is 4.79 Å². The maximum atomic E-state index is 12.5. The average molecular weight is 254 g/mol. The average Bonchev–Trinajstić information content (AvgIpc) is 2.71. The topological polar surface area (TPSA) is 34.9 Å². The lowest BCUT2D eigenvalue weighted by atomic mass is 10.1. The van der Waals surface area contributed by atoms with Gasteiger partial charge >= 0.3 is 6.18 Å². The molecule has 0 aliphatic carbocycles. The van der Waals surface area contributed by atoms with E-state index in [0.29, 0.717) is 17.4 Å². The Morgan fingerprint density at radius 1 is 1.22 bits per heavy atom. The minimum absolute atomic E-state index is 0.208. The normalized spacial score (nSPS) is 11.6. The van der Waals surface area contributed by atoms with Crippen LogP contribution in [-0.2, 0) is 13.2 Å². The molecule has 0 spiro atoms. The Kier molecular flexibility index (Phi) is 2.94. The lowest BCUT2D eigenvalue weighted by molar-refractivity contribution is -0.140. The number of aryl methyl sites for hydroxylation is 1. The summed E-state index contributed by atoms with van der Waals surface area (Å²) in [5.41, 5.74) is 0.0575. The summed E-state index contributed by atoms with van der Waals surface area (Å²) in [6.07, 6.45) is -2.86. The van der Waals surface area contributed by atoms with E-state index in [-0.39, 0.29) is 5.82 Å². The van der Waals surface area contributed by atoms with Gasteiger partial charge in [0.15, 0.2) is 5.69 Å². The second-order valence-corrected chi connectivity index (χ2v) is 3.80. The standard InChI is InChI=1S/C12H9F3N2O/c1-17-6-10(12(13,14)15)16-11(17)9-4-2-8(7-18)3-5-9/h2-7H,1H3. The summed E-state index contributed by atoms with van der Waals surface area (Å²) >= 11 is 0. The highest BCUT2D eigenvalue weighted by molar-refractivity contribution is 5.76. The number of halogens is 3. The number of rotatable bonds is 2. The van der Waals surface area contributed by atoms with Crippen LogP contribution in [0.5, 0.6) is 0 Å². The molecule has 0 saturated carbocycles. The number of nitrogens with zero attached hydrogens (tertiary/aromatic N) is 2. The highest BCUT2D eigenvalue weighted by Crippen LogP contribution is 2.30. The molecule has 0 amide bonds. The van der Waals surface area contributed by atoms with Crippen LogP contribution >= 0.6 is 0 Å². The van der Waals surface area contributed by atoms with E-state index in [2.05, 4.69) is 4.98 Å². The molecule has 3 nitrogen and oxygen atoms in total. The van der Waals surface area contributed by atoms with Crippen LogP contribution in [0.4, 0.5) is 13.2 Å². The molecule has 1 aromatic carbocycles. The van der Waals surface area contributed by atoms with Crippen LogP contribution in [0.2, 0.25) is 0 Å². The molecule has 0 aliphatic rings. The van der Waals surface area contributed by atoms with E-state index in [1.807, 2.05) is 0 Å². The first-order chi connectivity index (χ1) is 8.41. The molecule has 0 N–H and O–H groups in total. The van der Waals surface area contributed by atoms with Crippen molar-refractivity contribution in [2.24, 2.45) is 7.05 Å². The Bertz CT molecular complexity index is 570. The number of hydrogen-bond donors (Lipinski definition) is 0. The first-order valence-electron chi connectivity index (χ1n) is 5.08. The van der Waals surface area contributed by atoms with Crippen molar-refractivity contribution in [1.82, 2.24) is 9.55 Å². The van der Waals surface area contributed by atoms with Gasteiger partial charge in [0.25, 0.3) is 0 Å². The van der Waals surface area contributed by atoms with Gasteiger partial charge in [-0.2, -0.15) is 13.2 Å². The molecule has 0 radical (unpaired) electrons. The molecule has 0 unspecified atom stereocenters. The zero-order valence-corrected chi connectivity index (χ0v) is 9.40. The van der Waals surface area contributed by atoms with Crippen molar-refractivity contribution in [1.29, 1.82) is 0 Å². The summed E-state index contributed by atoms with van der Waals surface area (Å²) in [6, 6.07) is 6.19. The molecule has 1 aromatic heterocycles. The summed E-state index contributed by atoms with van der Waals surface area (Å²) in [5.74, 6) is 0.208. The van der Waals surface area contributed by atoms with Gasteiger partial charge in [0, 0.05) is 24.4 Å². The third-order valence-corrected chi connectivity index (χ3v) is 2.47. The predicted molar refractivity (Wildman–Crippen MR) is 59.0 cm³/mol. The number of carbonyl (C=O) groups is 1. The SMILES string of the molecule is Cn1cc(C(F)(F)F)nc1-c1ccc(C=O)cc1. The fourth-order valence-corrected chi connectivity index (χ4v) is 1.58. The lowest BCUT2D eigenvalue weighted by Crippen LogP contribution is -2.04. The van der Waals surface area contributed by atoms with E-state index in [0.717, 1.165) is 6.20 Å². The number of aromatic nitrogens is 2. The lowest BCUT2D eigenvalue weighted by Gasteiger charge is -2.01. The summed E-state index contributed by atoms with van der Waals surface area (Å²) in [7, 11) is 1.49. The van der Waals surface area contributed by atoms with E-state index < -0.39 is 11.9 Å². The molecule has 0 saturated heterocycles. The third kappa shape index (κ3) is 2.27. The van der Waals surface area contributed by atoms with Crippen molar-refractivity contribution < 1.29 is 18.0 Å². The molecular formula is C12H9F3N2O. The first kappa shape index (κ1) is 12.3. The molecule has 2 rings (SSSR count). The van der Waals surface area contributed by atoms with Gasteiger partial charge in [-0.05, 0) is 0 Å². The second kappa shape index (κ2) is 4.29. The van der Waals surface area contributed by atoms with Crippen LogP contribution in [0, 0.1) is 0 Å². The van der Waals surface area contributed by atoms with Gasteiger partial charge in [-0.1, -0.05) is 24.3 Å². The number of imidazole rings is 1. The zero-order chi connectivity index (χ0) is 13.3. The van der Waals surface area contributed by atoms with Crippen molar-refractivity contribution in [2.75, 3.05) is 0 Å². The quantitative estimate of drug-likeness (QED) is 0.772. The monoisotopic (exact) mass is 254 g/mol. The van der Waals surface area contributed by atoms with Crippen molar-refractivity contribution in [3.8, 4) is 11.4 Å². The molecule has 94 valence electrons. The van der Waals surface area contributed by atoms with Gasteiger partial charge < -0.3 is 4.57 Å². The number of benzene rings is 1. The third-order valence-electron chi connectivity index (χ3n) is 2.47. The molecule has 1 heterocycles. The Morgan fingerprint density at radius 3 is 2.28 bits per heavy atom. The molecular weight excluding hydrogens is 245 g/mol. The molecule has 2 aromatic rings. The highest BCUT2D eigenvalue weighted by atomic mass is 19.4. The minimum atomic E-state index is -4.46.